The first-order chi connectivity index (χ1) is 9.99. The largest absolute Gasteiger partial charge is 0.481 e. The van der Waals surface area contributed by atoms with E-state index in [2.05, 4.69) is 4.98 Å². The standard InChI is InChI=1S/C16H20N2O3/c1-3-16(15(20)21)9-11-7-8-13(16)18(11)14(19)12-6-4-5-10(2)17-12/h4-6,11,13H,3,7-9H2,1-2H3,(H,20,21)/t11-,13+,16+/m0/s1. The molecule has 2 saturated heterocycles. The topological polar surface area (TPSA) is 70.5 Å². The van der Waals surface area contributed by atoms with E-state index in [-0.39, 0.29) is 18.0 Å². The Hall–Kier alpha value is -1.91. The van der Waals surface area contributed by atoms with Gasteiger partial charge in [-0.25, -0.2) is 4.98 Å². The number of amides is 1. The molecule has 1 aromatic heterocycles. The number of aliphatic carboxylic acids is 1. The van der Waals surface area contributed by atoms with Crippen LogP contribution in [-0.2, 0) is 4.79 Å². The summed E-state index contributed by atoms with van der Waals surface area (Å²) in [5, 5.41) is 9.65. The van der Waals surface area contributed by atoms with Crippen molar-refractivity contribution in [3.05, 3.63) is 29.6 Å². The molecule has 1 amide bonds. The number of aromatic nitrogens is 1. The maximum absolute atomic E-state index is 12.8. The second kappa shape index (κ2) is 4.83. The fourth-order valence-electron chi connectivity index (χ4n) is 4.05. The summed E-state index contributed by atoms with van der Waals surface area (Å²) in [4.78, 5) is 30.6. The van der Waals surface area contributed by atoms with Gasteiger partial charge in [0.25, 0.3) is 5.91 Å². The molecule has 3 heterocycles. The number of fused-ring (bicyclic) bond motifs is 2. The van der Waals surface area contributed by atoms with Crippen LogP contribution in [0.3, 0.4) is 0 Å². The smallest absolute Gasteiger partial charge is 0.311 e. The van der Waals surface area contributed by atoms with Crippen LogP contribution in [0.1, 0.15) is 48.8 Å². The quantitative estimate of drug-likeness (QED) is 0.926. The summed E-state index contributed by atoms with van der Waals surface area (Å²) in [6.07, 6.45) is 2.81. The molecular formula is C16H20N2O3. The minimum absolute atomic E-state index is 0.0425. The molecule has 0 saturated carbocycles. The van der Waals surface area contributed by atoms with E-state index in [4.69, 9.17) is 0 Å². The van der Waals surface area contributed by atoms with Crippen LogP contribution < -0.4 is 0 Å². The minimum Gasteiger partial charge on any atom is -0.481 e. The molecular weight excluding hydrogens is 268 g/mol. The molecule has 2 aliphatic rings. The van der Waals surface area contributed by atoms with E-state index < -0.39 is 11.4 Å². The van der Waals surface area contributed by atoms with Crippen molar-refractivity contribution in [2.75, 3.05) is 0 Å². The van der Waals surface area contributed by atoms with Crippen LogP contribution in [0, 0.1) is 12.3 Å². The Kier molecular flexibility index (Phi) is 3.23. The summed E-state index contributed by atoms with van der Waals surface area (Å²) >= 11 is 0. The lowest BCUT2D eigenvalue weighted by Gasteiger charge is -2.32. The molecule has 0 radical (unpaired) electrons. The fraction of sp³-hybridized carbons (Fsp3) is 0.562. The van der Waals surface area contributed by atoms with E-state index in [1.165, 1.54) is 0 Å². The number of carbonyl (C=O) groups is 2. The van der Waals surface area contributed by atoms with E-state index in [0.717, 1.165) is 18.5 Å². The molecule has 1 aromatic rings. The number of nitrogens with zero attached hydrogens (tertiary/aromatic N) is 2. The average molecular weight is 288 g/mol. The van der Waals surface area contributed by atoms with Crippen LogP contribution in [0.5, 0.6) is 0 Å². The molecule has 2 bridgehead atoms. The number of rotatable bonds is 3. The zero-order valence-electron chi connectivity index (χ0n) is 12.4. The highest BCUT2D eigenvalue weighted by molar-refractivity contribution is 5.94. The van der Waals surface area contributed by atoms with Crippen molar-refractivity contribution < 1.29 is 14.7 Å². The number of hydrogen-bond donors (Lipinski definition) is 1. The van der Waals surface area contributed by atoms with Gasteiger partial charge >= 0.3 is 5.97 Å². The minimum atomic E-state index is -0.775. The molecule has 2 fully saturated rings. The lowest BCUT2D eigenvalue weighted by molar-refractivity contribution is -0.151. The highest BCUT2D eigenvalue weighted by Gasteiger charge is 2.60. The molecule has 3 rings (SSSR count). The van der Waals surface area contributed by atoms with Gasteiger partial charge in [-0.15, -0.1) is 0 Å². The summed E-state index contributed by atoms with van der Waals surface area (Å²) in [6.45, 7) is 3.76. The second-order valence-electron chi connectivity index (χ2n) is 6.14. The number of carboxylic acids is 1. The maximum Gasteiger partial charge on any atom is 0.311 e. The number of hydrogen-bond acceptors (Lipinski definition) is 3. The van der Waals surface area contributed by atoms with E-state index in [1.54, 1.807) is 11.0 Å². The van der Waals surface area contributed by atoms with E-state index >= 15 is 0 Å². The van der Waals surface area contributed by atoms with Crippen molar-refractivity contribution >= 4 is 11.9 Å². The van der Waals surface area contributed by atoms with Gasteiger partial charge in [-0.05, 0) is 44.7 Å². The third-order valence-corrected chi connectivity index (χ3v) is 5.14. The molecule has 0 spiro atoms. The van der Waals surface area contributed by atoms with Crippen molar-refractivity contribution in [3.8, 4) is 0 Å². The van der Waals surface area contributed by atoms with Crippen molar-refractivity contribution in [2.24, 2.45) is 5.41 Å². The van der Waals surface area contributed by atoms with E-state index in [9.17, 15) is 14.7 Å². The van der Waals surface area contributed by atoms with Gasteiger partial charge in [0.05, 0.1) is 5.41 Å². The molecule has 0 aromatic carbocycles. The molecule has 0 unspecified atom stereocenters. The lowest BCUT2D eigenvalue weighted by atomic mass is 9.72. The monoisotopic (exact) mass is 288 g/mol. The van der Waals surface area contributed by atoms with Crippen LogP contribution >= 0.6 is 0 Å². The normalized spacial score (nSPS) is 30.7. The molecule has 2 aliphatic heterocycles. The zero-order chi connectivity index (χ0) is 15.2. The van der Waals surface area contributed by atoms with Crippen LogP contribution in [0.15, 0.2) is 18.2 Å². The Balaban J connectivity index is 1.94. The summed E-state index contributed by atoms with van der Waals surface area (Å²) < 4.78 is 0. The Morgan fingerprint density at radius 2 is 2.19 bits per heavy atom. The lowest BCUT2D eigenvalue weighted by Crippen LogP contribution is -2.45. The molecule has 3 atom stereocenters. The summed E-state index contributed by atoms with van der Waals surface area (Å²) in [5.41, 5.74) is 0.444. The van der Waals surface area contributed by atoms with Gasteiger partial charge in [0.2, 0.25) is 0 Å². The highest BCUT2D eigenvalue weighted by Crippen LogP contribution is 2.52. The number of aryl methyl sites for hydroxylation is 1. The molecule has 112 valence electrons. The van der Waals surface area contributed by atoms with Crippen molar-refractivity contribution in [2.45, 2.75) is 51.6 Å². The Bertz CT molecular complexity index is 601. The van der Waals surface area contributed by atoms with Crippen LogP contribution in [-0.4, -0.2) is 39.0 Å². The maximum atomic E-state index is 12.8. The Labute approximate surface area is 124 Å². The molecule has 21 heavy (non-hydrogen) atoms. The molecule has 5 nitrogen and oxygen atoms in total. The Morgan fingerprint density at radius 3 is 2.76 bits per heavy atom. The molecule has 1 N–H and O–H groups in total. The predicted octanol–water partition coefficient (Wildman–Crippen LogP) is 2.25. The summed E-state index contributed by atoms with van der Waals surface area (Å²) in [6, 6.07) is 5.23. The predicted molar refractivity (Wildman–Crippen MR) is 76.9 cm³/mol. The highest BCUT2D eigenvalue weighted by atomic mass is 16.4. The van der Waals surface area contributed by atoms with Crippen LogP contribution in [0.4, 0.5) is 0 Å². The number of carboxylic acid groups (broad SMARTS) is 1. The van der Waals surface area contributed by atoms with Crippen molar-refractivity contribution in [1.82, 2.24) is 9.88 Å². The van der Waals surface area contributed by atoms with Gasteiger partial charge < -0.3 is 10.0 Å². The van der Waals surface area contributed by atoms with Crippen molar-refractivity contribution in [1.29, 1.82) is 0 Å². The third kappa shape index (κ3) is 1.94. The number of pyridine rings is 1. The van der Waals surface area contributed by atoms with Gasteiger partial charge in [0.15, 0.2) is 0 Å². The summed E-state index contributed by atoms with van der Waals surface area (Å²) in [5.74, 6) is -0.894. The third-order valence-electron chi connectivity index (χ3n) is 5.14. The van der Waals surface area contributed by atoms with Crippen molar-refractivity contribution in [3.63, 3.8) is 0 Å². The fourth-order valence-corrected chi connectivity index (χ4v) is 4.05. The Morgan fingerprint density at radius 1 is 1.43 bits per heavy atom. The van der Waals surface area contributed by atoms with Crippen LogP contribution in [0.25, 0.3) is 0 Å². The first-order valence-electron chi connectivity index (χ1n) is 7.49. The first kappa shape index (κ1) is 14.0. The molecule has 5 heteroatoms. The summed E-state index contributed by atoms with van der Waals surface area (Å²) in [7, 11) is 0. The average Bonchev–Trinajstić information content (AvgIpc) is 3.02. The van der Waals surface area contributed by atoms with E-state index in [1.807, 2.05) is 26.0 Å². The zero-order valence-corrected chi connectivity index (χ0v) is 12.4. The first-order valence-corrected chi connectivity index (χ1v) is 7.49. The van der Waals surface area contributed by atoms with Gasteiger partial charge in [-0.2, -0.15) is 0 Å². The van der Waals surface area contributed by atoms with Gasteiger partial charge in [-0.3, -0.25) is 9.59 Å². The van der Waals surface area contributed by atoms with Gasteiger partial charge in [-0.1, -0.05) is 13.0 Å². The SMILES string of the molecule is CC[C@@]1(C(=O)O)C[C@@H]2CC[C@H]1N2C(=O)c1cccc(C)n1. The van der Waals surface area contributed by atoms with Gasteiger partial charge in [0, 0.05) is 17.8 Å². The molecule has 0 aliphatic carbocycles. The van der Waals surface area contributed by atoms with Gasteiger partial charge in [0.1, 0.15) is 5.69 Å². The number of carbonyl (C=O) groups excluding carboxylic acids is 1. The second-order valence-corrected chi connectivity index (χ2v) is 6.14. The van der Waals surface area contributed by atoms with E-state index in [0.29, 0.717) is 18.5 Å². The van der Waals surface area contributed by atoms with Crippen LogP contribution in [0.2, 0.25) is 0 Å².